The standard InChI is InChI=1S/C20H20ClN3O3S/c1-4-27-18-10-13(9-15(21)19(18)26-3)11-22-24-20-23-16(12-28-20)14-7-5-6-8-17(14)25-2/h5-12H,4H2,1-3H3,(H,23,24)/b22-11-. The largest absolute Gasteiger partial charge is 0.496 e. The molecule has 1 N–H and O–H groups in total. The van der Waals surface area contributed by atoms with E-state index in [1.54, 1.807) is 26.5 Å². The van der Waals surface area contributed by atoms with Gasteiger partial charge in [0.1, 0.15) is 5.75 Å². The quantitative estimate of drug-likeness (QED) is 0.396. The molecule has 28 heavy (non-hydrogen) atoms. The van der Waals surface area contributed by atoms with Gasteiger partial charge >= 0.3 is 0 Å². The summed E-state index contributed by atoms with van der Waals surface area (Å²) in [5.74, 6) is 1.86. The van der Waals surface area contributed by atoms with Crippen molar-refractivity contribution < 1.29 is 14.2 Å². The molecule has 0 aliphatic rings. The number of nitrogens with zero attached hydrogens (tertiary/aromatic N) is 2. The zero-order chi connectivity index (χ0) is 19.9. The number of para-hydroxylation sites is 1. The third-order valence-electron chi connectivity index (χ3n) is 3.80. The van der Waals surface area contributed by atoms with E-state index < -0.39 is 0 Å². The summed E-state index contributed by atoms with van der Waals surface area (Å²) in [4.78, 5) is 4.56. The first-order valence-electron chi connectivity index (χ1n) is 8.54. The first-order valence-corrected chi connectivity index (χ1v) is 9.80. The van der Waals surface area contributed by atoms with Crippen molar-refractivity contribution in [1.29, 1.82) is 0 Å². The Morgan fingerprint density at radius 1 is 1.18 bits per heavy atom. The lowest BCUT2D eigenvalue weighted by Crippen LogP contribution is -1.98. The lowest BCUT2D eigenvalue weighted by atomic mass is 10.1. The van der Waals surface area contributed by atoms with Gasteiger partial charge in [-0.15, -0.1) is 11.3 Å². The Labute approximate surface area is 172 Å². The molecule has 0 unspecified atom stereocenters. The molecule has 1 heterocycles. The first-order chi connectivity index (χ1) is 13.7. The Morgan fingerprint density at radius 2 is 2.00 bits per heavy atom. The summed E-state index contributed by atoms with van der Waals surface area (Å²) in [6.07, 6.45) is 1.65. The molecule has 3 rings (SSSR count). The van der Waals surface area contributed by atoms with Crippen LogP contribution in [0.2, 0.25) is 5.02 Å². The van der Waals surface area contributed by atoms with Gasteiger partial charge in [-0.25, -0.2) is 4.98 Å². The molecule has 0 fully saturated rings. The average molecular weight is 418 g/mol. The Hall–Kier alpha value is -2.77. The van der Waals surface area contributed by atoms with E-state index >= 15 is 0 Å². The minimum absolute atomic E-state index is 0.461. The summed E-state index contributed by atoms with van der Waals surface area (Å²) < 4.78 is 16.2. The van der Waals surface area contributed by atoms with Crippen LogP contribution in [0.4, 0.5) is 5.13 Å². The molecule has 3 aromatic rings. The van der Waals surface area contributed by atoms with Crippen LogP contribution in [0.25, 0.3) is 11.3 Å². The number of nitrogens with one attached hydrogen (secondary N) is 1. The van der Waals surface area contributed by atoms with E-state index in [1.165, 1.54) is 11.3 Å². The second-order valence-corrected chi connectivity index (χ2v) is 6.84. The van der Waals surface area contributed by atoms with Gasteiger partial charge in [0.2, 0.25) is 5.13 Å². The van der Waals surface area contributed by atoms with Gasteiger partial charge in [-0.2, -0.15) is 5.10 Å². The predicted octanol–water partition coefficient (Wildman–Crippen LogP) is 5.33. The van der Waals surface area contributed by atoms with Crippen molar-refractivity contribution in [3.63, 3.8) is 0 Å². The van der Waals surface area contributed by atoms with E-state index in [4.69, 9.17) is 25.8 Å². The van der Waals surface area contributed by atoms with Gasteiger partial charge in [-0.05, 0) is 36.8 Å². The van der Waals surface area contributed by atoms with Gasteiger partial charge in [0.25, 0.3) is 0 Å². The summed E-state index contributed by atoms with van der Waals surface area (Å²) in [5, 5.41) is 7.33. The molecule has 2 aromatic carbocycles. The number of halogens is 1. The fraction of sp³-hybridized carbons (Fsp3) is 0.200. The third kappa shape index (κ3) is 4.55. The molecule has 146 valence electrons. The molecule has 8 heteroatoms. The number of hydrazone groups is 1. The number of hydrogen-bond donors (Lipinski definition) is 1. The molecular weight excluding hydrogens is 398 g/mol. The SMILES string of the molecule is CCOc1cc(/C=N\Nc2nc(-c3ccccc3OC)cs2)cc(Cl)c1OC. The van der Waals surface area contributed by atoms with Crippen molar-refractivity contribution in [1.82, 2.24) is 4.98 Å². The second-order valence-electron chi connectivity index (χ2n) is 5.58. The van der Waals surface area contributed by atoms with Crippen LogP contribution in [0, 0.1) is 0 Å². The highest BCUT2D eigenvalue weighted by Crippen LogP contribution is 2.36. The van der Waals surface area contributed by atoms with E-state index in [-0.39, 0.29) is 0 Å². The van der Waals surface area contributed by atoms with Crippen LogP contribution in [0.3, 0.4) is 0 Å². The fourth-order valence-electron chi connectivity index (χ4n) is 2.59. The molecule has 0 spiro atoms. The normalized spacial score (nSPS) is 10.9. The zero-order valence-electron chi connectivity index (χ0n) is 15.7. The van der Waals surface area contributed by atoms with E-state index in [2.05, 4.69) is 15.5 Å². The summed E-state index contributed by atoms with van der Waals surface area (Å²) >= 11 is 7.71. The van der Waals surface area contributed by atoms with Gasteiger partial charge in [-0.1, -0.05) is 23.7 Å². The van der Waals surface area contributed by atoms with E-state index in [1.807, 2.05) is 42.6 Å². The number of hydrogen-bond acceptors (Lipinski definition) is 7. The lowest BCUT2D eigenvalue weighted by molar-refractivity contribution is 0.311. The molecule has 0 aliphatic heterocycles. The summed E-state index contributed by atoms with van der Waals surface area (Å²) in [6, 6.07) is 11.3. The molecule has 0 amide bonds. The maximum Gasteiger partial charge on any atom is 0.203 e. The number of thiazole rings is 1. The molecule has 0 radical (unpaired) electrons. The Morgan fingerprint density at radius 3 is 2.75 bits per heavy atom. The van der Waals surface area contributed by atoms with Crippen LogP contribution in [-0.4, -0.2) is 32.0 Å². The average Bonchev–Trinajstić information content (AvgIpc) is 3.17. The Balaban J connectivity index is 1.74. The molecular formula is C20H20ClN3O3S. The highest BCUT2D eigenvalue weighted by Gasteiger charge is 2.11. The number of ether oxygens (including phenoxy) is 3. The molecule has 6 nitrogen and oxygen atoms in total. The van der Waals surface area contributed by atoms with Crippen LogP contribution in [0.1, 0.15) is 12.5 Å². The Bertz CT molecular complexity index is 975. The second kappa shape index (κ2) is 9.43. The van der Waals surface area contributed by atoms with Gasteiger partial charge in [-0.3, -0.25) is 5.43 Å². The highest BCUT2D eigenvalue weighted by atomic mass is 35.5. The maximum absolute atomic E-state index is 6.26. The zero-order valence-corrected chi connectivity index (χ0v) is 17.3. The van der Waals surface area contributed by atoms with Crippen LogP contribution >= 0.6 is 22.9 Å². The molecule has 0 aliphatic carbocycles. The number of benzene rings is 2. The lowest BCUT2D eigenvalue weighted by Gasteiger charge is -2.11. The topological polar surface area (TPSA) is 65.0 Å². The minimum atomic E-state index is 0.461. The van der Waals surface area contributed by atoms with Crippen LogP contribution in [0.5, 0.6) is 17.2 Å². The third-order valence-corrected chi connectivity index (χ3v) is 4.82. The molecule has 0 saturated heterocycles. The monoisotopic (exact) mass is 417 g/mol. The van der Waals surface area contributed by atoms with E-state index in [0.29, 0.717) is 28.3 Å². The van der Waals surface area contributed by atoms with Crippen molar-refractivity contribution in [2.24, 2.45) is 5.10 Å². The van der Waals surface area contributed by atoms with Crippen molar-refractivity contribution in [3.05, 3.63) is 52.4 Å². The molecule has 0 atom stereocenters. The van der Waals surface area contributed by atoms with Crippen molar-refractivity contribution in [2.75, 3.05) is 26.3 Å². The van der Waals surface area contributed by atoms with Gasteiger partial charge in [0.05, 0.1) is 37.8 Å². The highest BCUT2D eigenvalue weighted by molar-refractivity contribution is 7.14. The fourth-order valence-corrected chi connectivity index (χ4v) is 3.55. The number of methoxy groups -OCH3 is 2. The molecule has 1 aromatic heterocycles. The van der Waals surface area contributed by atoms with Gasteiger partial charge < -0.3 is 14.2 Å². The minimum Gasteiger partial charge on any atom is -0.496 e. The van der Waals surface area contributed by atoms with Crippen molar-refractivity contribution >= 4 is 34.3 Å². The van der Waals surface area contributed by atoms with Crippen LogP contribution < -0.4 is 19.6 Å². The van der Waals surface area contributed by atoms with Crippen molar-refractivity contribution in [2.45, 2.75) is 6.92 Å². The number of aromatic nitrogens is 1. The summed E-state index contributed by atoms with van der Waals surface area (Å²) in [5.41, 5.74) is 5.48. The number of anilines is 1. The smallest absolute Gasteiger partial charge is 0.203 e. The predicted molar refractivity (Wildman–Crippen MR) is 114 cm³/mol. The van der Waals surface area contributed by atoms with Crippen molar-refractivity contribution in [3.8, 4) is 28.5 Å². The van der Waals surface area contributed by atoms with Gasteiger partial charge in [0, 0.05) is 10.9 Å². The van der Waals surface area contributed by atoms with Crippen LogP contribution in [0.15, 0.2) is 46.9 Å². The molecule has 0 saturated carbocycles. The Kier molecular flexibility index (Phi) is 6.73. The van der Waals surface area contributed by atoms with E-state index in [9.17, 15) is 0 Å². The first kappa shape index (κ1) is 20.0. The maximum atomic E-state index is 6.26. The number of rotatable bonds is 8. The summed E-state index contributed by atoms with van der Waals surface area (Å²) in [6.45, 7) is 2.41. The van der Waals surface area contributed by atoms with Gasteiger partial charge in [0.15, 0.2) is 11.5 Å². The van der Waals surface area contributed by atoms with Crippen LogP contribution in [-0.2, 0) is 0 Å². The van der Waals surface area contributed by atoms with E-state index in [0.717, 1.165) is 22.6 Å². The molecule has 0 bridgehead atoms. The summed E-state index contributed by atoms with van der Waals surface area (Å²) in [7, 11) is 3.20.